The smallest absolute Gasteiger partial charge is 0.276 e. The van der Waals surface area contributed by atoms with Crippen molar-refractivity contribution in [1.82, 2.24) is 4.98 Å². The van der Waals surface area contributed by atoms with Crippen molar-refractivity contribution in [2.75, 3.05) is 17.2 Å². The summed E-state index contributed by atoms with van der Waals surface area (Å²) < 4.78 is 0.857. The minimum Gasteiger partial charge on any atom is -0.398 e. The molecule has 0 fully saturated rings. The molecule has 1 aliphatic heterocycles. The molecule has 1 aromatic heterocycles. The van der Waals surface area contributed by atoms with Crippen LogP contribution in [0.3, 0.4) is 0 Å². The van der Waals surface area contributed by atoms with Crippen LogP contribution in [0.1, 0.15) is 16.1 Å². The van der Waals surface area contributed by atoms with Crippen LogP contribution in [0.2, 0.25) is 0 Å². The highest BCUT2D eigenvalue weighted by molar-refractivity contribution is 9.10. The van der Waals surface area contributed by atoms with Crippen molar-refractivity contribution < 1.29 is 4.79 Å². The molecule has 19 heavy (non-hydrogen) atoms. The first kappa shape index (κ1) is 12.2. The highest BCUT2D eigenvalue weighted by Crippen LogP contribution is 2.32. The Morgan fingerprint density at radius 3 is 2.89 bits per heavy atom. The summed E-state index contributed by atoms with van der Waals surface area (Å²) in [4.78, 5) is 18.3. The molecule has 0 bridgehead atoms. The average Bonchev–Trinajstić information content (AvgIpc) is 2.84. The number of carbonyl (C=O) groups excluding carboxylic acids is 1. The van der Waals surface area contributed by atoms with Gasteiger partial charge in [-0.1, -0.05) is 6.07 Å². The molecule has 0 unspecified atom stereocenters. The largest absolute Gasteiger partial charge is 0.398 e. The molecule has 2 N–H and O–H groups in total. The molecule has 2 heterocycles. The fourth-order valence-electron chi connectivity index (χ4n) is 2.31. The van der Waals surface area contributed by atoms with E-state index in [1.165, 1.54) is 0 Å². The number of aromatic nitrogens is 1. The molecule has 3 rings (SSSR count). The van der Waals surface area contributed by atoms with Crippen LogP contribution < -0.4 is 10.6 Å². The summed E-state index contributed by atoms with van der Waals surface area (Å²) in [5.41, 5.74) is 9.07. The Balaban J connectivity index is 1.95. The van der Waals surface area contributed by atoms with Crippen molar-refractivity contribution >= 4 is 33.2 Å². The summed E-state index contributed by atoms with van der Waals surface area (Å²) in [7, 11) is 0. The number of nitrogen functional groups attached to an aromatic ring is 1. The molecular formula is C14H12BrN3O. The number of pyridine rings is 1. The van der Waals surface area contributed by atoms with E-state index in [2.05, 4.69) is 20.9 Å². The lowest BCUT2D eigenvalue weighted by molar-refractivity contribution is 0.0984. The highest BCUT2D eigenvalue weighted by Gasteiger charge is 2.27. The lowest BCUT2D eigenvalue weighted by atomic mass is 10.1. The van der Waals surface area contributed by atoms with Crippen LogP contribution in [0.25, 0.3) is 0 Å². The molecule has 0 atom stereocenters. The second-order valence-electron chi connectivity index (χ2n) is 4.41. The molecule has 1 aliphatic rings. The Morgan fingerprint density at radius 1 is 1.32 bits per heavy atom. The second kappa shape index (κ2) is 4.66. The molecule has 0 saturated heterocycles. The van der Waals surface area contributed by atoms with E-state index in [1.54, 1.807) is 17.2 Å². The third-order valence-corrected chi connectivity index (χ3v) is 3.72. The molecule has 0 saturated carbocycles. The normalized spacial score (nSPS) is 13.4. The minimum atomic E-state index is -0.0862. The van der Waals surface area contributed by atoms with Gasteiger partial charge in [0.2, 0.25) is 0 Å². The molecule has 0 radical (unpaired) electrons. The Morgan fingerprint density at radius 2 is 2.16 bits per heavy atom. The topological polar surface area (TPSA) is 59.2 Å². The SMILES string of the molecule is Nc1cccc2c1CCN2C(=O)c1ccc(Br)cn1. The van der Waals surface area contributed by atoms with Crippen molar-refractivity contribution in [3.8, 4) is 0 Å². The zero-order valence-electron chi connectivity index (χ0n) is 10.1. The van der Waals surface area contributed by atoms with Gasteiger partial charge in [0.05, 0.1) is 0 Å². The average molecular weight is 318 g/mol. The third-order valence-electron chi connectivity index (χ3n) is 3.26. The molecule has 5 heteroatoms. The minimum absolute atomic E-state index is 0.0862. The van der Waals surface area contributed by atoms with Crippen LogP contribution in [0, 0.1) is 0 Å². The quantitative estimate of drug-likeness (QED) is 0.822. The maximum Gasteiger partial charge on any atom is 0.276 e. The number of rotatable bonds is 1. The first-order valence-electron chi connectivity index (χ1n) is 5.97. The van der Waals surface area contributed by atoms with E-state index in [0.717, 1.165) is 27.8 Å². The Bertz CT molecular complexity index is 640. The molecule has 0 aliphatic carbocycles. The van der Waals surface area contributed by atoms with Crippen molar-refractivity contribution in [2.45, 2.75) is 6.42 Å². The molecule has 96 valence electrons. The van der Waals surface area contributed by atoms with Gasteiger partial charge in [0.25, 0.3) is 5.91 Å². The predicted molar refractivity (Wildman–Crippen MR) is 78.2 cm³/mol. The molecule has 4 nitrogen and oxygen atoms in total. The van der Waals surface area contributed by atoms with Crippen LogP contribution in [0.15, 0.2) is 41.0 Å². The van der Waals surface area contributed by atoms with E-state index in [1.807, 2.05) is 24.3 Å². The van der Waals surface area contributed by atoms with Gasteiger partial charge < -0.3 is 10.6 Å². The zero-order chi connectivity index (χ0) is 13.4. The van der Waals surface area contributed by atoms with E-state index in [0.29, 0.717) is 12.2 Å². The number of hydrogen-bond donors (Lipinski definition) is 1. The van der Waals surface area contributed by atoms with Crippen LogP contribution >= 0.6 is 15.9 Å². The maximum absolute atomic E-state index is 12.4. The van der Waals surface area contributed by atoms with E-state index < -0.39 is 0 Å². The van der Waals surface area contributed by atoms with Gasteiger partial charge in [0.1, 0.15) is 5.69 Å². The number of nitrogens with two attached hydrogens (primary N) is 1. The standard InChI is InChI=1S/C14H12BrN3O/c15-9-4-5-12(17-8-9)14(19)18-7-6-10-11(16)2-1-3-13(10)18/h1-5,8H,6-7,16H2. The fourth-order valence-corrected chi connectivity index (χ4v) is 2.55. The van der Waals surface area contributed by atoms with Crippen LogP contribution in [-0.2, 0) is 6.42 Å². The lowest BCUT2D eigenvalue weighted by Crippen LogP contribution is -2.29. The van der Waals surface area contributed by atoms with Gasteiger partial charge in [0, 0.05) is 34.2 Å². The van der Waals surface area contributed by atoms with Gasteiger partial charge in [0.15, 0.2) is 0 Å². The zero-order valence-corrected chi connectivity index (χ0v) is 11.7. The highest BCUT2D eigenvalue weighted by atomic mass is 79.9. The van der Waals surface area contributed by atoms with Gasteiger partial charge in [-0.15, -0.1) is 0 Å². The number of anilines is 2. The molecule has 1 aromatic carbocycles. The van der Waals surface area contributed by atoms with Crippen molar-refractivity contribution in [2.24, 2.45) is 0 Å². The number of nitrogens with zero attached hydrogens (tertiary/aromatic N) is 2. The van der Waals surface area contributed by atoms with Gasteiger partial charge in [-0.2, -0.15) is 0 Å². The number of fused-ring (bicyclic) bond motifs is 1. The van der Waals surface area contributed by atoms with Crippen LogP contribution in [0.5, 0.6) is 0 Å². The van der Waals surface area contributed by atoms with E-state index >= 15 is 0 Å². The number of amides is 1. The fraction of sp³-hybridized carbons (Fsp3) is 0.143. The predicted octanol–water partition coefficient (Wildman–Crippen LogP) is 2.63. The Labute approximate surface area is 119 Å². The first-order chi connectivity index (χ1) is 9.16. The summed E-state index contributed by atoms with van der Waals surface area (Å²) >= 11 is 3.31. The lowest BCUT2D eigenvalue weighted by Gasteiger charge is -2.17. The van der Waals surface area contributed by atoms with Crippen LogP contribution in [-0.4, -0.2) is 17.4 Å². The van der Waals surface area contributed by atoms with Crippen molar-refractivity contribution in [1.29, 1.82) is 0 Å². The molecular weight excluding hydrogens is 306 g/mol. The summed E-state index contributed by atoms with van der Waals surface area (Å²) in [5, 5.41) is 0. The number of halogens is 1. The maximum atomic E-state index is 12.4. The molecule has 1 amide bonds. The Kier molecular flexibility index (Phi) is 2.98. The van der Waals surface area contributed by atoms with E-state index in [4.69, 9.17) is 5.73 Å². The molecule has 0 spiro atoms. The Hall–Kier alpha value is -1.88. The van der Waals surface area contributed by atoms with Crippen molar-refractivity contribution in [3.63, 3.8) is 0 Å². The summed E-state index contributed by atoms with van der Waals surface area (Å²) in [6.07, 6.45) is 2.42. The van der Waals surface area contributed by atoms with E-state index in [9.17, 15) is 4.79 Å². The summed E-state index contributed by atoms with van der Waals surface area (Å²) in [6, 6.07) is 9.20. The first-order valence-corrected chi connectivity index (χ1v) is 6.77. The van der Waals surface area contributed by atoms with Crippen molar-refractivity contribution in [3.05, 3.63) is 52.3 Å². The summed E-state index contributed by atoms with van der Waals surface area (Å²) in [6.45, 7) is 0.653. The van der Waals surface area contributed by atoms with Gasteiger partial charge in [-0.05, 0) is 46.6 Å². The number of carbonyl (C=O) groups is 1. The van der Waals surface area contributed by atoms with Gasteiger partial charge in [-0.25, -0.2) is 4.98 Å². The molecule has 2 aromatic rings. The second-order valence-corrected chi connectivity index (χ2v) is 5.33. The number of hydrogen-bond acceptors (Lipinski definition) is 3. The van der Waals surface area contributed by atoms with Crippen LogP contribution in [0.4, 0.5) is 11.4 Å². The third kappa shape index (κ3) is 2.10. The number of benzene rings is 1. The monoisotopic (exact) mass is 317 g/mol. The van der Waals surface area contributed by atoms with E-state index in [-0.39, 0.29) is 5.91 Å². The summed E-state index contributed by atoms with van der Waals surface area (Å²) in [5.74, 6) is -0.0862. The van der Waals surface area contributed by atoms with Gasteiger partial charge in [-0.3, -0.25) is 4.79 Å². The van der Waals surface area contributed by atoms with Gasteiger partial charge >= 0.3 is 0 Å².